The molecule has 1 unspecified atom stereocenters. The molecule has 0 aliphatic heterocycles. The highest BCUT2D eigenvalue weighted by Crippen LogP contribution is 2.30. The maximum absolute atomic E-state index is 12.1. The van der Waals surface area contributed by atoms with Crippen LogP contribution in [0, 0.1) is 5.92 Å². The third kappa shape index (κ3) is 3.54. The van der Waals surface area contributed by atoms with E-state index >= 15 is 0 Å². The highest BCUT2D eigenvalue weighted by Gasteiger charge is 2.22. The molecule has 20 heavy (non-hydrogen) atoms. The highest BCUT2D eigenvalue weighted by atomic mass is 35.5. The normalized spacial score (nSPS) is 17.4. The number of nitrogens with zero attached hydrogens (tertiary/aromatic N) is 2. The highest BCUT2D eigenvalue weighted by molar-refractivity contribution is 6.32. The lowest BCUT2D eigenvalue weighted by Crippen LogP contribution is -2.28. The molecule has 4 nitrogen and oxygen atoms in total. The van der Waals surface area contributed by atoms with E-state index in [0.29, 0.717) is 24.2 Å². The molecule has 5 heteroatoms. The fourth-order valence-corrected chi connectivity index (χ4v) is 3.05. The molecule has 0 aromatic carbocycles. The van der Waals surface area contributed by atoms with Crippen molar-refractivity contribution in [2.45, 2.75) is 65.0 Å². The number of nitrogens with one attached hydrogen (secondary N) is 1. The summed E-state index contributed by atoms with van der Waals surface area (Å²) in [6.07, 6.45) is 8.78. The first-order chi connectivity index (χ1) is 9.63. The monoisotopic (exact) mass is 297 g/mol. The van der Waals surface area contributed by atoms with Crippen LogP contribution in [0.25, 0.3) is 0 Å². The molecule has 1 heterocycles. The Labute approximate surface area is 125 Å². The molecule has 1 atom stereocenters. The second-order valence-electron chi connectivity index (χ2n) is 5.73. The molecule has 0 amide bonds. The summed E-state index contributed by atoms with van der Waals surface area (Å²) in [7, 11) is 0. The second-order valence-corrected chi connectivity index (χ2v) is 6.11. The van der Waals surface area contributed by atoms with Gasteiger partial charge in [0.25, 0.3) is 5.56 Å². The molecule has 1 N–H and O–H groups in total. The molecule has 112 valence electrons. The van der Waals surface area contributed by atoms with Gasteiger partial charge in [-0.15, -0.1) is 0 Å². The largest absolute Gasteiger partial charge is 0.380 e. The molecule has 0 saturated heterocycles. The van der Waals surface area contributed by atoms with Crippen LogP contribution in [0.3, 0.4) is 0 Å². The van der Waals surface area contributed by atoms with Crippen LogP contribution >= 0.6 is 11.6 Å². The first-order valence-corrected chi connectivity index (χ1v) is 8.03. The molecule has 0 radical (unpaired) electrons. The van der Waals surface area contributed by atoms with Crippen molar-refractivity contribution < 1.29 is 0 Å². The quantitative estimate of drug-likeness (QED) is 0.871. The van der Waals surface area contributed by atoms with Gasteiger partial charge in [-0.1, -0.05) is 37.8 Å². The van der Waals surface area contributed by atoms with Crippen molar-refractivity contribution in [2.75, 3.05) is 5.32 Å². The molecule has 1 fully saturated rings. The van der Waals surface area contributed by atoms with Crippen molar-refractivity contribution in [1.29, 1.82) is 0 Å². The van der Waals surface area contributed by atoms with E-state index in [-0.39, 0.29) is 10.6 Å². The minimum absolute atomic E-state index is 0.191. The lowest BCUT2D eigenvalue weighted by Gasteiger charge is -2.22. The van der Waals surface area contributed by atoms with Gasteiger partial charge in [0, 0.05) is 12.6 Å². The van der Waals surface area contributed by atoms with E-state index in [2.05, 4.69) is 24.3 Å². The van der Waals surface area contributed by atoms with Gasteiger partial charge in [-0.25, -0.2) is 4.68 Å². The Morgan fingerprint density at radius 3 is 2.85 bits per heavy atom. The number of aromatic nitrogens is 2. The third-order valence-electron chi connectivity index (χ3n) is 4.20. The lowest BCUT2D eigenvalue weighted by molar-refractivity contribution is 0.481. The van der Waals surface area contributed by atoms with Gasteiger partial charge in [0.1, 0.15) is 5.02 Å². The number of aryl methyl sites for hydroxylation is 1. The zero-order chi connectivity index (χ0) is 14.5. The van der Waals surface area contributed by atoms with Crippen molar-refractivity contribution in [2.24, 2.45) is 5.92 Å². The molecule has 0 spiro atoms. The van der Waals surface area contributed by atoms with Crippen LogP contribution < -0.4 is 10.9 Å². The van der Waals surface area contributed by atoms with Crippen molar-refractivity contribution in [3.05, 3.63) is 21.6 Å². The standard InChI is InChI=1S/C15H24ClN3O/c1-3-4-9-19-15(20)14(16)13(10-17-19)18-11(2)12-7-5-6-8-12/h10-12,18H,3-9H2,1-2H3. The molecule has 1 aliphatic rings. The van der Waals surface area contributed by atoms with E-state index < -0.39 is 0 Å². The Morgan fingerprint density at radius 2 is 2.20 bits per heavy atom. The number of hydrogen-bond acceptors (Lipinski definition) is 3. The van der Waals surface area contributed by atoms with Gasteiger partial charge in [-0.3, -0.25) is 4.79 Å². The van der Waals surface area contributed by atoms with Gasteiger partial charge in [-0.05, 0) is 32.1 Å². The minimum Gasteiger partial charge on any atom is -0.380 e. The van der Waals surface area contributed by atoms with Crippen molar-refractivity contribution >= 4 is 17.3 Å². The summed E-state index contributed by atoms with van der Waals surface area (Å²) >= 11 is 6.19. The zero-order valence-electron chi connectivity index (χ0n) is 12.4. The summed E-state index contributed by atoms with van der Waals surface area (Å²) in [4.78, 5) is 12.1. The molecule has 2 rings (SSSR count). The summed E-state index contributed by atoms with van der Waals surface area (Å²) in [6.45, 7) is 4.88. The van der Waals surface area contributed by atoms with Crippen LogP contribution in [0.4, 0.5) is 5.69 Å². The number of unbranched alkanes of at least 4 members (excludes halogenated alkanes) is 1. The zero-order valence-corrected chi connectivity index (χ0v) is 13.1. The Morgan fingerprint density at radius 1 is 1.50 bits per heavy atom. The van der Waals surface area contributed by atoms with Crippen LogP contribution in [0.2, 0.25) is 5.02 Å². The Bertz CT molecular complexity index is 494. The molecule has 1 aromatic heterocycles. The summed E-state index contributed by atoms with van der Waals surface area (Å²) in [5.41, 5.74) is 0.479. The molecule has 1 aromatic rings. The van der Waals surface area contributed by atoms with Crippen molar-refractivity contribution in [3.63, 3.8) is 0 Å². The lowest BCUT2D eigenvalue weighted by atomic mass is 10.00. The van der Waals surface area contributed by atoms with Crippen LogP contribution in [-0.4, -0.2) is 15.8 Å². The van der Waals surface area contributed by atoms with Crippen LogP contribution in [0.1, 0.15) is 52.4 Å². The van der Waals surface area contributed by atoms with E-state index in [9.17, 15) is 4.79 Å². The Kier molecular flexibility index (Phi) is 5.46. The van der Waals surface area contributed by atoms with Crippen LogP contribution in [0.15, 0.2) is 11.0 Å². The predicted molar refractivity (Wildman–Crippen MR) is 83.5 cm³/mol. The van der Waals surface area contributed by atoms with Gasteiger partial charge < -0.3 is 5.32 Å². The van der Waals surface area contributed by atoms with E-state index in [0.717, 1.165) is 12.8 Å². The fourth-order valence-electron chi connectivity index (χ4n) is 2.85. The number of halogens is 1. The molecular weight excluding hydrogens is 274 g/mol. The average Bonchev–Trinajstić information content (AvgIpc) is 2.97. The summed E-state index contributed by atoms with van der Waals surface area (Å²) in [6, 6.07) is 0.336. The molecule has 0 bridgehead atoms. The minimum atomic E-state index is -0.191. The van der Waals surface area contributed by atoms with Gasteiger partial charge in [0.2, 0.25) is 0 Å². The Balaban J connectivity index is 2.08. The van der Waals surface area contributed by atoms with E-state index in [1.807, 2.05) is 0 Å². The number of hydrogen-bond donors (Lipinski definition) is 1. The van der Waals surface area contributed by atoms with Crippen LogP contribution in [0.5, 0.6) is 0 Å². The maximum atomic E-state index is 12.1. The average molecular weight is 298 g/mol. The summed E-state index contributed by atoms with van der Waals surface area (Å²) < 4.78 is 1.46. The molecule has 1 saturated carbocycles. The van der Waals surface area contributed by atoms with E-state index in [1.165, 1.54) is 30.4 Å². The van der Waals surface area contributed by atoms with Gasteiger partial charge in [0.15, 0.2) is 0 Å². The van der Waals surface area contributed by atoms with E-state index in [4.69, 9.17) is 11.6 Å². The van der Waals surface area contributed by atoms with Gasteiger partial charge in [0.05, 0.1) is 11.9 Å². The van der Waals surface area contributed by atoms with Crippen molar-refractivity contribution in [1.82, 2.24) is 9.78 Å². The van der Waals surface area contributed by atoms with E-state index in [1.54, 1.807) is 6.20 Å². The summed E-state index contributed by atoms with van der Waals surface area (Å²) in [5, 5.41) is 7.85. The Hall–Kier alpha value is -1.03. The van der Waals surface area contributed by atoms with Crippen LogP contribution in [-0.2, 0) is 6.54 Å². The smallest absolute Gasteiger partial charge is 0.287 e. The first kappa shape index (κ1) is 15.4. The fraction of sp³-hybridized carbons (Fsp3) is 0.733. The van der Waals surface area contributed by atoms with Gasteiger partial charge in [-0.2, -0.15) is 5.10 Å². The third-order valence-corrected chi connectivity index (χ3v) is 4.56. The first-order valence-electron chi connectivity index (χ1n) is 7.65. The SMILES string of the molecule is CCCCn1ncc(NC(C)C2CCCC2)c(Cl)c1=O. The maximum Gasteiger partial charge on any atom is 0.287 e. The molecular formula is C15H24ClN3O. The summed E-state index contributed by atoms with van der Waals surface area (Å²) in [5.74, 6) is 0.675. The topological polar surface area (TPSA) is 46.9 Å². The number of rotatable bonds is 6. The number of anilines is 1. The van der Waals surface area contributed by atoms with Crippen molar-refractivity contribution in [3.8, 4) is 0 Å². The predicted octanol–water partition coefficient (Wildman–Crippen LogP) is 3.69. The molecule has 1 aliphatic carbocycles. The van der Waals surface area contributed by atoms with Gasteiger partial charge >= 0.3 is 0 Å². The second kappa shape index (κ2) is 7.11.